The lowest BCUT2D eigenvalue weighted by molar-refractivity contribution is -0.274. The van der Waals surface area contributed by atoms with Crippen molar-refractivity contribution in [3.63, 3.8) is 0 Å². The maximum atomic E-state index is 12.5. The second-order valence-electron chi connectivity index (χ2n) is 5.65. The highest BCUT2D eigenvalue weighted by molar-refractivity contribution is 5.74. The van der Waals surface area contributed by atoms with Gasteiger partial charge in [0.05, 0.1) is 20.1 Å². The third-order valence-electron chi connectivity index (χ3n) is 3.72. The van der Waals surface area contributed by atoms with Gasteiger partial charge in [0.15, 0.2) is 0 Å². The Morgan fingerprint density at radius 1 is 1.19 bits per heavy atom. The number of alkyl halides is 3. The van der Waals surface area contributed by atoms with Crippen LogP contribution >= 0.6 is 0 Å². The average Bonchev–Trinajstić information content (AvgIpc) is 2.60. The monoisotopic (exact) mass is 383 g/mol. The summed E-state index contributed by atoms with van der Waals surface area (Å²) >= 11 is 0. The molecule has 0 aliphatic carbocycles. The first kappa shape index (κ1) is 20.6. The van der Waals surface area contributed by atoms with E-state index in [2.05, 4.69) is 4.74 Å². The zero-order valence-corrected chi connectivity index (χ0v) is 14.9. The number of carbonyl (C=O) groups excluding carboxylic acids is 1. The quantitative estimate of drug-likeness (QED) is 0.725. The highest BCUT2D eigenvalue weighted by Gasteiger charge is 2.31. The van der Waals surface area contributed by atoms with Crippen molar-refractivity contribution in [3.05, 3.63) is 48.0 Å². The van der Waals surface area contributed by atoms with Gasteiger partial charge in [-0.2, -0.15) is 0 Å². The Morgan fingerprint density at radius 2 is 1.93 bits per heavy atom. The standard InChI is InChI=1S/C19H20F3NO4/c1-3-26-18(24)11-16(23)13-7-8-17(25-2)15(10-13)12-5-4-6-14(9-12)27-19(20,21)22/h4-10,16H,3,11,23H2,1-2H3. The van der Waals surface area contributed by atoms with E-state index < -0.39 is 18.4 Å². The predicted octanol–water partition coefficient (Wildman–Crippen LogP) is 4.21. The van der Waals surface area contributed by atoms with Crippen molar-refractivity contribution >= 4 is 5.97 Å². The number of carbonyl (C=O) groups is 1. The van der Waals surface area contributed by atoms with Crippen molar-refractivity contribution in [1.29, 1.82) is 0 Å². The van der Waals surface area contributed by atoms with E-state index in [0.29, 0.717) is 22.4 Å². The summed E-state index contributed by atoms with van der Waals surface area (Å²) in [5, 5.41) is 0. The van der Waals surface area contributed by atoms with E-state index in [1.54, 1.807) is 31.2 Å². The average molecular weight is 383 g/mol. The highest BCUT2D eigenvalue weighted by atomic mass is 19.4. The highest BCUT2D eigenvalue weighted by Crippen LogP contribution is 2.35. The molecule has 8 heteroatoms. The van der Waals surface area contributed by atoms with Gasteiger partial charge in [0.25, 0.3) is 0 Å². The second-order valence-corrected chi connectivity index (χ2v) is 5.65. The molecule has 1 unspecified atom stereocenters. The number of ether oxygens (including phenoxy) is 3. The Labute approximate surface area is 154 Å². The fourth-order valence-electron chi connectivity index (χ4n) is 2.56. The number of esters is 1. The Bertz CT molecular complexity index is 793. The van der Waals surface area contributed by atoms with Crippen molar-refractivity contribution in [3.8, 4) is 22.6 Å². The zero-order chi connectivity index (χ0) is 20.0. The number of methoxy groups -OCH3 is 1. The third kappa shape index (κ3) is 5.89. The molecule has 0 fully saturated rings. The summed E-state index contributed by atoms with van der Waals surface area (Å²) in [6.45, 7) is 1.95. The van der Waals surface area contributed by atoms with Crippen molar-refractivity contribution in [2.45, 2.75) is 25.7 Å². The summed E-state index contributed by atoms with van der Waals surface area (Å²) in [5.41, 5.74) is 7.68. The first-order valence-corrected chi connectivity index (χ1v) is 8.18. The predicted molar refractivity (Wildman–Crippen MR) is 93.3 cm³/mol. The van der Waals surface area contributed by atoms with Crippen LogP contribution in [0.2, 0.25) is 0 Å². The van der Waals surface area contributed by atoms with Crippen molar-refractivity contribution in [1.82, 2.24) is 0 Å². The lowest BCUT2D eigenvalue weighted by Gasteiger charge is -2.16. The Morgan fingerprint density at radius 3 is 2.56 bits per heavy atom. The molecule has 5 nitrogen and oxygen atoms in total. The molecular weight excluding hydrogens is 363 g/mol. The number of benzene rings is 2. The molecule has 0 aliphatic heterocycles. The smallest absolute Gasteiger partial charge is 0.496 e. The summed E-state index contributed by atoms with van der Waals surface area (Å²) in [5.74, 6) is -0.322. The van der Waals surface area contributed by atoms with Crippen LogP contribution in [0.1, 0.15) is 24.9 Å². The minimum atomic E-state index is -4.79. The van der Waals surface area contributed by atoms with Crippen LogP contribution in [-0.2, 0) is 9.53 Å². The van der Waals surface area contributed by atoms with Gasteiger partial charge in [-0.15, -0.1) is 13.2 Å². The molecule has 146 valence electrons. The molecule has 0 amide bonds. The van der Waals surface area contributed by atoms with Gasteiger partial charge in [-0.3, -0.25) is 4.79 Å². The molecule has 1 atom stereocenters. The minimum absolute atomic E-state index is 0.0170. The molecular formula is C19H20F3NO4. The molecule has 0 bridgehead atoms. The third-order valence-corrected chi connectivity index (χ3v) is 3.72. The van der Waals surface area contributed by atoms with Gasteiger partial charge < -0.3 is 19.9 Å². The lowest BCUT2D eigenvalue weighted by Crippen LogP contribution is -2.17. The Hall–Kier alpha value is -2.74. The zero-order valence-electron chi connectivity index (χ0n) is 14.9. The van der Waals surface area contributed by atoms with E-state index in [1.807, 2.05) is 0 Å². The molecule has 0 radical (unpaired) electrons. The van der Waals surface area contributed by atoms with Crippen molar-refractivity contribution < 1.29 is 32.2 Å². The van der Waals surface area contributed by atoms with E-state index in [-0.39, 0.29) is 18.8 Å². The van der Waals surface area contributed by atoms with Crippen LogP contribution in [-0.4, -0.2) is 26.0 Å². The Kier molecular flexibility index (Phi) is 6.68. The van der Waals surface area contributed by atoms with Gasteiger partial charge in [-0.05, 0) is 42.3 Å². The maximum Gasteiger partial charge on any atom is 0.573 e. The molecule has 0 heterocycles. The van der Waals surface area contributed by atoms with Crippen LogP contribution in [0.15, 0.2) is 42.5 Å². The summed E-state index contributed by atoms with van der Waals surface area (Å²) in [6, 6.07) is 9.93. The van der Waals surface area contributed by atoms with Gasteiger partial charge in [-0.1, -0.05) is 18.2 Å². The molecule has 2 rings (SSSR count). The van der Waals surface area contributed by atoms with Gasteiger partial charge in [0.2, 0.25) is 0 Å². The summed E-state index contributed by atoms with van der Waals surface area (Å²) in [4.78, 5) is 11.6. The minimum Gasteiger partial charge on any atom is -0.496 e. The lowest BCUT2D eigenvalue weighted by atomic mass is 9.97. The van der Waals surface area contributed by atoms with Gasteiger partial charge in [0, 0.05) is 11.6 Å². The van der Waals surface area contributed by atoms with Crippen LogP contribution in [0.3, 0.4) is 0 Å². The molecule has 0 spiro atoms. The van der Waals surface area contributed by atoms with E-state index in [1.165, 1.54) is 25.3 Å². The molecule has 0 saturated carbocycles. The van der Waals surface area contributed by atoms with E-state index in [4.69, 9.17) is 15.2 Å². The SMILES string of the molecule is CCOC(=O)CC(N)c1ccc(OC)c(-c2cccc(OC(F)(F)F)c2)c1. The first-order chi connectivity index (χ1) is 12.7. The number of rotatable bonds is 7. The molecule has 0 aromatic heterocycles. The largest absolute Gasteiger partial charge is 0.573 e. The van der Waals surface area contributed by atoms with Crippen LogP contribution in [0, 0.1) is 0 Å². The molecule has 27 heavy (non-hydrogen) atoms. The van der Waals surface area contributed by atoms with Crippen LogP contribution in [0.25, 0.3) is 11.1 Å². The number of halogens is 3. The van der Waals surface area contributed by atoms with Crippen LogP contribution in [0.5, 0.6) is 11.5 Å². The van der Waals surface area contributed by atoms with Crippen LogP contribution in [0.4, 0.5) is 13.2 Å². The molecule has 2 aromatic rings. The number of hydrogen-bond donors (Lipinski definition) is 1. The Balaban J connectivity index is 2.35. The normalized spacial score (nSPS) is 12.4. The van der Waals surface area contributed by atoms with E-state index >= 15 is 0 Å². The number of nitrogens with two attached hydrogens (primary N) is 1. The summed E-state index contributed by atoms with van der Waals surface area (Å²) in [6.07, 6.45) is -4.80. The number of hydrogen-bond acceptors (Lipinski definition) is 5. The maximum absolute atomic E-state index is 12.5. The summed E-state index contributed by atoms with van der Waals surface area (Å²) < 4.78 is 51.6. The van der Waals surface area contributed by atoms with E-state index in [9.17, 15) is 18.0 Å². The molecule has 0 saturated heterocycles. The topological polar surface area (TPSA) is 70.8 Å². The van der Waals surface area contributed by atoms with Crippen molar-refractivity contribution in [2.75, 3.05) is 13.7 Å². The van der Waals surface area contributed by atoms with Gasteiger partial charge >= 0.3 is 12.3 Å². The fraction of sp³-hybridized carbons (Fsp3) is 0.316. The van der Waals surface area contributed by atoms with Gasteiger partial charge in [0.1, 0.15) is 11.5 Å². The molecule has 2 aromatic carbocycles. The molecule has 0 aliphatic rings. The van der Waals surface area contributed by atoms with E-state index in [0.717, 1.165) is 0 Å². The van der Waals surface area contributed by atoms with Crippen LogP contribution < -0.4 is 15.2 Å². The first-order valence-electron chi connectivity index (χ1n) is 8.18. The second kappa shape index (κ2) is 8.77. The fourth-order valence-corrected chi connectivity index (χ4v) is 2.56. The van der Waals surface area contributed by atoms with Crippen molar-refractivity contribution in [2.24, 2.45) is 5.73 Å². The summed E-state index contributed by atoms with van der Waals surface area (Å²) in [7, 11) is 1.45. The molecule has 2 N–H and O–H groups in total. The van der Waals surface area contributed by atoms with Gasteiger partial charge in [-0.25, -0.2) is 0 Å².